The third-order valence-corrected chi connectivity index (χ3v) is 5.97. The van der Waals surface area contributed by atoms with Crippen molar-refractivity contribution < 1.29 is 9.53 Å². The number of imidazole rings is 1. The molecule has 1 amide bonds. The summed E-state index contributed by atoms with van der Waals surface area (Å²) in [6.07, 6.45) is 6.42. The van der Waals surface area contributed by atoms with E-state index >= 15 is 0 Å². The van der Waals surface area contributed by atoms with Gasteiger partial charge in [-0.2, -0.15) is 0 Å². The molecular formula is C19H23ClN4O2. The predicted molar refractivity (Wildman–Crippen MR) is 98.5 cm³/mol. The third-order valence-electron chi connectivity index (χ3n) is 5.75. The molecule has 3 aliphatic rings. The van der Waals surface area contributed by atoms with Crippen molar-refractivity contribution >= 4 is 23.2 Å². The van der Waals surface area contributed by atoms with E-state index in [4.69, 9.17) is 16.3 Å². The summed E-state index contributed by atoms with van der Waals surface area (Å²) in [5.41, 5.74) is 1.21. The van der Waals surface area contributed by atoms with Crippen molar-refractivity contribution in [3.05, 3.63) is 35.2 Å². The second-order valence-electron chi connectivity index (χ2n) is 7.82. The van der Waals surface area contributed by atoms with Crippen LogP contribution in [0.2, 0.25) is 5.02 Å². The van der Waals surface area contributed by atoms with Gasteiger partial charge in [0.25, 0.3) is 5.91 Å². The van der Waals surface area contributed by atoms with Gasteiger partial charge in [0.1, 0.15) is 11.3 Å². The maximum absolute atomic E-state index is 12.9. The molecule has 0 bridgehead atoms. The Hall–Kier alpha value is -1.63. The van der Waals surface area contributed by atoms with Gasteiger partial charge in [0, 0.05) is 51.0 Å². The Balaban J connectivity index is 1.30. The summed E-state index contributed by atoms with van der Waals surface area (Å²) in [5.74, 6) is 1.26. The molecule has 138 valence electrons. The standard InChI is InChI=1S/C19H23ClN4O2/c20-15-3-4-18-21-16(11-23(18)10-15)19(25)24-9-14-8-22(7-13-1-2-13)5-6-26-17(14)12-24/h3-4,10-11,13-14,17H,1-2,5-9,12H2/t14-,17+/m0/s1. The number of fused-ring (bicyclic) bond motifs is 2. The molecule has 2 aromatic heterocycles. The zero-order valence-corrected chi connectivity index (χ0v) is 15.4. The van der Waals surface area contributed by atoms with Gasteiger partial charge in [0.2, 0.25) is 0 Å². The van der Waals surface area contributed by atoms with Crippen LogP contribution in [0.5, 0.6) is 0 Å². The lowest BCUT2D eigenvalue weighted by atomic mass is 10.1. The highest BCUT2D eigenvalue weighted by atomic mass is 35.5. The van der Waals surface area contributed by atoms with Crippen molar-refractivity contribution in [3.63, 3.8) is 0 Å². The predicted octanol–water partition coefficient (Wildman–Crippen LogP) is 2.17. The molecule has 2 aliphatic heterocycles. The first kappa shape index (κ1) is 16.5. The fourth-order valence-corrected chi connectivity index (χ4v) is 4.36. The molecule has 3 fully saturated rings. The summed E-state index contributed by atoms with van der Waals surface area (Å²) in [4.78, 5) is 21.8. The lowest BCUT2D eigenvalue weighted by Crippen LogP contribution is -2.35. The van der Waals surface area contributed by atoms with Crippen LogP contribution in [0.15, 0.2) is 24.5 Å². The van der Waals surface area contributed by atoms with E-state index in [0.717, 1.165) is 37.8 Å². The van der Waals surface area contributed by atoms with Crippen molar-refractivity contribution in [1.29, 1.82) is 0 Å². The van der Waals surface area contributed by atoms with Gasteiger partial charge in [0.15, 0.2) is 0 Å². The molecule has 6 nitrogen and oxygen atoms in total. The molecule has 0 spiro atoms. The molecule has 2 saturated heterocycles. The number of aromatic nitrogens is 2. The summed E-state index contributed by atoms with van der Waals surface area (Å²) in [7, 11) is 0. The van der Waals surface area contributed by atoms with Crippen molar-refractivity contribution in [2.24, 2.45) is 11.8 Å². The molecule has 7 heteroatoms. The van der Waals surface area contributed by atoms with Crippen LogP contribution in [0.1, 0.15) is 23.3 Å². The van der Waals surface area contributed by atoms with Gasteiger partial charge in [0.05, 0.1) is 17.7 Å². The van der Waals surface area contributed by atoms with Crippen LogP contribution in [0.4, 0.5) is 0 Å². The number of likely N-dealkylation sites (tertiary alicyclic amines) is 1. The molecule has 1 aliphatic carbocycles. The van der Waals surface area contributed by atoms with E-state index in [2.05, 4.69) is 9.88 Å². The third kappa shape index (κ3) is 3.21. The number of pyridine rings is 1. The minimum atomic E-state index is -0.0183. The molecule has 2 atom stereocenters. The summed E-state index contributed by atoms with van der Waals surface area (Å²) in [6, 6.07) is 3.61. The Morgan fingerprint density at radius 2 is 2.12 bits per heavy atom. The van der Waals surface area contributed by atoms with Gasteiger partial charge in [-0.1, -0.05) is 11.6 Å². The van der Waals surface area contributed by atoms with Crippen LogP contribution >= 0.6 is 11.6 Å². The number of rotatable bonds is 3. The van der Waals surface area contributed by atoms with E-state index in [-0.39, 0.29) is 12.0 Å². The van der Waals surface area contributed by atoms with Gasteiger partial charge in [-0.25, -0.2) is 4.98 Å². The second kappa shape index (κ2) is 6.51. The molecule has 0 radical (unpaired) electrons. The molecule has 5 rings (SSSR count). The Labute approximate surface area is 157 Å². The number of nitrogens with zero attached hydrogens (tertiary/aromatic N) is 4. The number of ether oxygens (including phenoxy) is 1. The SMILES string of the molecule is O=C(c1cn2cc(Cl)ccc2n1)N1C[C@@H]2CN(CC3CC3)CCO[C@@H]2C1. The molecule has 0 N–H and O–H groups in total. The second-order valence-corrected chi connectivity index (χ2v) is 8.26. The number of hydrogen-bond acceptors (Lipinski definition) is 4. The zero-order valence-electron chi connectivity index (χ0n) is 14.7. The number of carbonyl (C=O) groups is 1. The lowest BCUT2D eigenvalue weighted by Gasteiger charge is -2.23. The number of hydrogen-bond donors (Lipinski definition) is 0. The summed E-state index contributed by atoms with van der Waals surface area (Å²) < 4.78 is 7.87. The Morgan fingerprint density at radius 1 is 1.23 bits per heavy atom. The van der Waals surface area contributed by atoms with Crippen LogP contribution in [0, 0.1) is 11.8 Å². The lowest BCUT2D eigenvalue weighted by molar-refractivity contribution is 0.0483. The monoisotopic (exact) mass is 374 g/mol. The number of halogens is 1. The van der Waals surface area contributed by atoms with Crippen LogP contribution < -0.4 is 0 Å². The summed E-state index contributed by atoms with van der Waals surface area (Å²) in [5, 5.41) is 0.626. The van der Waals surface area contributed by atoms with Crippen LogP contribution in [-0.4, -0.2) is 70.5 Å². The summed E-state index contributed by atoms with van der Waals surface area (Å²) >= 11 is 6.02. The van der Waals surface area contributed by atoms with Gasteiger partial charge >= 0.3 is 0 Å². The van der Waals surface area contributed by atoms with Crippen LogP contribution in [0.3, 0.4) is 0 Å². The number of amides is 1. The molecule has 1 saturated carbocycles. The topological polar surface area (TPSA) is 50.1 Å². The highest BCUT2D eigenvalue weighted by Crippen LogP contribution is 2.32. The van der Waals surface area contributed by atoms with E-state index in [1.165, 1.54) is 19.4 Å². The van der Waals surface area contributed by atoms with Crippen molar-refractivity contribution in [3.8, 4) is 0 Å². The maximum Gasteiger partial charge on any atom is 0.274 e. The highest BCUT2D eigenvalue weighted by molar-refractivity contribution is 6.30. The molecule has 4 heterocycles. The average molecular weight is 375 g/mol. The fourth-order valence-electron chi connectivity index (χ4n) is 4.19. The van der Waals surface area contributed by atoms with E-state index in [0.29, 0.717) is 23.2 Å². The average Bonchev–Trinajstić information content (AvgIpc) is 3.25. The van der Waals surface area contributed by atoms with Crippen molar-refractivity contribution in [1.82, 2.24) is 19.2 Å². The van der Waals surface area contributed by atoms with Gasteiger partial charge in [-0.05, 0) is 30.9 Å². The quantitative estimate of drug-likeness (QED) is 0.826. The van der Waals surface area contributed by atoms with Gasteiger partial charge in [-0.15, -0.1) is 0 Å². The van der Waals surface area contributed by atoms with E-state index < -0.39 is 0 Å². The van der Waals surface area contributed by atoms with E-state index in [1.807, 2.05) is 11.0 Å². The Morgan fingerprint density at radius 3 is 2.96 bits per heavy atom. The molecule has 0 unspecified atom stereocenters. The first-order valence-corrected chi connectivity index (χ1v) is 9.81. The molecule has 26 heavy (non-hydrogen) atoms. The van der Waals surface area contributed by atoms with Gasteiger partial charge < -0.3 is 18.9 Å². The fraction of sp³-hybridized carbons (Fsp3) is 0.579. The summed E-state index contributed by atoms with van der Waals surface area (Å²) in [6.45, 7) is 5.42. The van der Waals surface area contributed by atoms with Crippen molar-refractivity contribution in [2.45, 2.75) is 18.9 Å². The maximum atomic E-state index is 12.9. The first-order valence-electron chi connectivity index (χ1n) is 9.43. The Kier molecular flexibility index (Phi) is 4.14. The molecule has 2 aromatic rings. The number of carbonyl (C=O) groups excluding carboxylic acids is 1. The normalized spacial score (nSPS) is 26.9. The Bertz CT molecular complexity index is 834. The smallest absolute Gasteiger partial charge is 0.274 e. The van der Waals surface area contributed by atoms with E-state index in [1.54, 1.807) is 22.9 Å². The highest BCUT2D eigenvalue weighted by Gasteiger charge is 2.40. The van der Waals surface area contributed by atoms with E-state index in [9.17, 15) is 4.79 Å². The van der Waals surface area contributed by atoms with Crippen LogP contribution in [0.25, 0.3) is 5.65 Å². The zero-order chi connectivity index (χ0) is 17.7. The minimum absolute atomic E-state index is 0.0183. The minimum Gasteiger partial charge on any atom is -0.375 e. The van der Waals surface area contributed by atoms with Gasteiger partial charge in [-0.3, -0.25) is 4.79 Å². The first-order chi connectivity index (χ1) is 12.7. The largest absolute Gasteiger partial charge is 0.375 e. The van der Waals surface area contributed by atoms with Crippen LogP contribution in [-0.2, 0) is 4.74 Å². The molecule has 0 aromatic carbocycles. The molecular weight excluding hydrogens is 352 g/mol. The van der Waals surface area contributed by atoms with Crippen molar-refractivity contribution in [2.75, 3.05) is 39.3 Å².